The van der Waals surface area contributed by atoms with Gasteiger partial charge < -0.3 is 5.32 Å². The van der Waals surface area contributed by atoms with Gasteiger partial charge in [0.25, 0.3) is 5.91 Å². The minimum atomic E-state index is -0.169. The molecule has 1 atom stereocenters. The summed E-state index contributed by atoms with van der Waals surface area (Å²) in [5.41, 5.74) is 2.69. The predicted octanol–water partition coefficient (Wildman–Crippen LogP) is 3.64. The van der Waals surface area contributed by atoms with Crippen LogP contribution in [0.25, 0.3) is 0 Å². The van der Waals surface area contributed by atoms with E-state index in [0.29, 0.717) is 10.3 Å². The number of aryl methyl sites for hydroxylation is 1. The molecule has 0 saturated heterocycles. The highest BCUT2D eigenvalue weighted by Gasteiger charge is 2.13. The van der Waals surface area contributed by atoms with Gasteiger partial charge in [0.15, 0.2) is 0 Å². The highest BCUT2D eigenvalue weighted by Crippen LogP contribution is 2.17. The molecule has 3 nitrogen and oxygen atoms in total. The molecule has 1 heterocycles. The maximum Gasteiger partial charge on any atom is 0.270 e. The van der Waals surface area contributed by atoms with Crippen LogP contribution in [0.2, 0.25) is 0 Å². The number of nitrogens with zero attached hydrogens (tertiary/aromatic N) is 1. The summed E-state index contributed by atoms with van der Waals surface area (Å²) in [5.74, 6) is -0.169. The van der Waals surface area contributed by atoms with Crippen molar-refractivity contribution >= 4 is 21.8 Å². The summed E-state index contributed by atoms with van der Waals surface area (Å²) >= 11 is 3.26. The molecule has 0 fully saturated rings. The SMILES string of the molecule is Cc1ccccc1C(C)NC(=O)c1cccc(Br)n1. The second kappa shape index (κ2) is 5.97. The number of nitrogens with one attached hydrogen (secondary N) is 1. The number of rotatable bonds is 3. The first-order valence-corrected chi connectivity index (χ1v) is 6.86. The molecule has 1 aromatic heterocycles. The van der Waals surface area contributed by atoms with Crippen molar-refractivity contribution < 1.29 is 4.79 Å². The van der Waals surface area contributed by atoms with Crippen molar-refractivity contribution in [2.45, 2.75) is 19.9 Å². The van der Waals surface area contributed by atoms with Crippen LogP contribution in [0.3, 0.4) is 0 Å². The molecule has 0 bridgehead atoms. The fourth-order valence-electron chi connectivity index (χ4n) is 1.96. The second-order valence-corrected chi connectivity index (χ2v) is 5.21. The van der Waals surface area contributed by atoms with Gasteiger partial charge in [-0.05, 0) is 53.0 Å². The Hall–Kier alpha value is -1.68. The zero-order valence-corrected chi connectivity index (χ0v) is 12.4. The number of aromatic nitrogens is 1. The van der Waals surface area contributed by atoms with Crippen LogP contribution in [0.15, 0.2) is 47.1 Å². The normalized spacial score (nSPS) is 11.9. The molecule has 0 saturated carbocycles. The lowest BCUT2D eigenvalue weighted by Crippen LogP contribution is -2.27. The van der Waals surface area contributed by atoms with E-state index in [4.69, 9.17) is 0 Å². The molecule has 0 aliphatic carbocycles. The number of hydrogen-bond acceptors (Lipinski definition) is 2. The zero-order valence-electron chi connectivity index (χ0n) is 10.9. The van der Waals surface area contributed by atoms with Crippen molar-refractivity contribution in [3.8, 4) is 0 Å². The van der Waals surface area contributed by atoms with Gasteiger partial charge in [-0.1, -0.05) is 30.3 Å². The third-order valence-corrected chi connectivity index (χ3v) is 3.39. The molecule has 1 aromatic carbocycles. The Bertz CT molecular complexity index is 598. The van der Waals surface area contributed by atoms with E-state index in [0.717, 1.165) is 11.1 Å². The van der Waals surface area contributed by atoms with Crippen LogP contribution in [-0.4, -0.2) is 10.9 Å². The lowest BCUT2D eigenvalue weighted by atomic mass is 10.0. The molecule has 1 N–H and O–H groups in total. The number of carbonyl (C=O) groups excluding carboxylic acids is 1. The fraction of sp³-hybridized carbons (Fsp3) is 0.200. The lowest BCUT2D eigenvalue weighted by Gasteiger charge is -2.16. The Labute approximate surface area is 121 Å². The monoisotopic (exact) mass is 318 g/mol. The molecular formula is C15H15BrN2O. The summed E-state index contributed by atoms with van der Waals surface area (Å²) in [6, 6.07) is 13.3. The summed E-state index contributed by atoms with van der Waals surface area (Å²) in [4.78, 5) is 16.2. The van der Waals surface area contributed by atoms with Gasteiger partial charge in [-0.15, -0.1) is 0 Å². The first kappa shape index (κ1) is 13.7. The van der Waals surface area contributed by atoms with Gasteiger partial charge >= 0.3 is 0 Å². The van der Waals surface area contributed by atoms with E-state index in [1.54, 1.807) is 18.2 Å². The molecule has 1 unspecified atom stereocenters. The Kier molecular flexibility index (Phi) is 4.32. The summed E-state index contributed by atoms with van der Waals surface area (Å²) in [6.07, 6.45) is 0. The molecular weight excluding hydrogens is 304 g/mol. The Morgan fingerprint density at radius 3 is 2.63 bits per heavy atom. The standard InChI is InChI=1S/C15H15BrN2O/c1-10-6-3-4-7-12(10)11(2)17-15(19)13-8-5-9-14(16)18-13/h3-9,11H,1-2H3,(H,17,19). The molecule has 2 rings (SSSR count). The predicted molar refractivity (Wildman–Crippen MR) is 79.0 cm³/mol. The third-order valence-electron chi connectivity index (χ3n) is 2.95. The molecule has 2 aromatic rings. The molecule has 0 radical (unpaired) electrons. The smallest absolute Gasteiger partial charge is 0.270 e. The van der Waals surface area contributed by atoms with Crippen molar-refractivity contribution in [3.63, 3.8) is 0 Å². The Morgan fingerprint density at radius 2 is 1.95 bits per heavy atom. The Balaban J connectivity index is 2.13. The fourth-order valence-corrected chi connectivity index (χ4v) is 2.30. The van der Waals surface area contributed by atoms with E-state index in [2.05, 4.69) is 26.2 Å². The van der Waals surface area contributed by atoms with Gasteiger partial charge in [0.1, 0.15) is 10.3 Å². The van der Waals surface area contributed by atoms with Crippen LogP contribution in [0.1, 0.15) is 34.6 Å². The van der Waals surface area contributed by atoms with Crippen LogP contribution in [0, 0.1) is 6.92 Å². The molecule has 0 aliphatic rings. The first-order valence-electron chi connectivity index (χ1n) is 6.07. The summed E-state index contributed by atoms with van der Waals surface area (Å²) in [5, 5.41) is 2.96. The molecule has 19 heavy (non-hydrogen) atoms. The summed E-state index contributed by atoms with van der Waals surface area (Å²) < 4.78 is 0.656. The molecule has 0 aliphatic heterocycles. The number of hydrogen-bond donors (Lipinski definition) is 1. The number of carbonyl (C=O) groups is 1. The first-order chi connectivity index (χ1) is 9.08. The third kappa shape index (κ3) is 3.41. The average molecular weight is 319 g/mol. The van der Waals surface area contributed by atoms with Crippen molar-refractivity contribution in [1.29, 1.82) is 0 Å². The van der Waals surface area contributed by atoms with E-state index in [-0.39, 0.29) is 11.9 Å². The minimum Gasteiger partial charge on any atom is -0.344 e. The molecule has 0 spiro atoms. The van der Waals surface area contributed by atoms with Crippen molar-refractivity contribution in [2.75, 3.05) is 0 Å². The van der Waals surface area contributed by atoms with E-state index >= 15 is 0 Å². The maximum atomic E-state index is 12.1. The second-order valence-electron chi connectivity index (χ2n) is 4.40. The van der Waals surface area contributed by atoms with Crippen LogP contribution in [-0.2, 0) is 0 Å². The Morgan fingerprint density at radius 1 is 1.21 bits per heavy atom. The van der Waals surface area contributed by atoms with Crippen molar-refractivity contribution in [1.82, 2.24) is 10.3 Å². The number of benzene rings is 1. The van der Waals surface area contributed by atoms with Gasteiger partial charge in [-0.25, -0.2) is 4.98 Å². The number of halogens is 1. The molecule has 98 valence electrons. The van der Waals surface area contributed by atoms with Gasteiger partial charge in [0, 0.05) is 0 Å². The zero-order chi connectivity index (χ0) is 13.8. The lowest BCUT2D eigenvalue weighted by molar-refractivity contribution is 0.0934. The van der Waals surface area contributed by atoms with E-state index in [1.165, 1.54) is 0 Å². The maximum absolute atomic E-state index is 12.1. The van der Waals surface area contributed by atoms with Crippen molar-refractivity contribution in [2.24, 2.45) is 0 Å². The quantitative estimate of drug-likeness (QED) is 0.878. The van der Waals surface area contributed by atoms with Gasteiger partial charge in [-0.2, -0.15) is 0 Å². The van der Waals surface area contributed by atoms with Gasteiger partial charge in [0.05, 0.1) is 6.04 Å². The average Bonchev–Trinajstić information content (AvgIpc) is 2.39. The summed E-state index contributed by atoms with van der Waals surface area (Å²) in [7, 11) is 0. The van der Waals surface area contributed by atoms with Gasteiger partial charge in [0.2, 0.25) is 0 Å². The summed E-state index contributed by atoms with van der Waals surface area (Å²) in [6.45, 7) is 4.01. The highest BCUT2D eigenvalue weighted by atomic mass is 79.9. The largest absolute Gasteiger partial charge is 0.344 e. The van der Waals surface area contributed by atoms with Crippen LogP contribution >= 0.6 is 15.9 Å². The highest BCUT2D eigenvalue weighted by molar-refractivity contribution is 9.10. The van der Waals surface area contributed by atoms with E-state index < -0.39 is 0 Å². The number of amides is 1. The molecule has 1 amide bonds. The van der Waals surface area contributed by atoms with Gasteiger partial charge in [-0.3, -0.25) is 4.79 Å². The van der Waals surface area contributed by atoms with Crippen molar-refractivity contribution in [3.05, 3.63) is 63.9 Å². The van der Waals surface area contributed by atoms with Crippen LogP contribution in [0.4, 0.5) is 0 Å². The van der Waals surface area contributed by atoms with E-state index in [1.807, 2.05) is 38.1 Å². The van der Waals surface area contributed by atoms with E-state index in [9.17, 15) is 4.79 Å². The molecule has 4 heteroatoms. The number of pyridine rings is 1. The van der Waals surface area contributed by atoms with Crippen LogP contribution < -0.4 is 5.32 Å². The topological polar surface area (TPSA) is 42.0 Å². The van der Waals surface area contributed by atoms with Crippen LogP contribution in [0.5, 0.6) is 0 Å². The minimum absolute atomic E-state index is 0.0468.